The molecule has 0 saturated carbocycles. The van der Waals surface area contributed by atoms with Crippen molar-refractivity contribution in [1.29, 1.82) is 0 Å². The van der Waals surface area contributed by atoms with Crippen LogP contribution in [0, 0.1) is 0 Å². The van der Waals surface area contributed by atoms with Gasteiger partial charge in [0.2, 0.25) is 5.91 Å². The van der Waals surface area contributed by atoms with Gasteiger partial charge in [0.05, 0.1) is 19.4 Å². The Morgan fingerprint density at radius 1 is 1.38 bits per heavy atom. The van der Waals surface area contributed by atoms with E-state index in [2.05, 4.69) is 5.16 Å². The van der Waals surface area contributed by atoms with Gasteiger partial charge in [-0.25, -0.2) is 0 Å². The van der Waals surface area contributed by atoms with Crippen LogP contribution in [0.15, 0.2) is 29.4 Å². The van der Waals surface area contributed by atoms with Gasteiger partial charge >= 0.3 is 0 Å². The van der Waals surface area contributed by atoms with Crippen molar-refractivity contribution in [3.63, 3.8) is 0 Å². The van der Waals surface area contributed by atoms with Crippen molar-refractivity contribution in [1.82, 2.24) is 4.90 Å². The van der Waals surface area contributed by atoms with Gasteiger partial charge in [-0.3, -0.25) is 4.79 Å². The second-order valence-electron chi connectivity index (χ2n) is 4.98. The van der Waals surface area contributed by atoms with Crippen LogP contribution in [0.5, 0.6) is 5.75 Å². The topological polar surface area (TPSA) is 51.1 Å². The minimum atomic E-state index is -0.0578. The van der Waals surface area contributed by atoms with Gasteiger partial charge in [0.1, 0.15) is 5.75 Å². The molecule has 2 rings (SSSR count). The van der Waals surface area contributed by atoms with Crippen LogP contribution in [0.3, 0.4) is 0 Å². The SMILES string of the molecule is CCC(=O)N(CC)CC1CC(c2ccc(OC)cc2)=NO1. The van der Waals surface area contributed by atoms with Crippen LogP contribution < -0.4 is 4.74 Å². The molecular formula is C16H22N2O3. The molecule has 1 aliphatic heterocycles. The zero-order valence-corrected chi connectivity index (χ0v) is 12.8. The highest BCUT2D eigenvalue weighted by Gasteiger charge is 2.25. The van der Waals surface area contributed by atoms with E-state index in [9.17, 15) is 4.79 Å². The molecule has 0 N–H and O–H groups in total. The average molecular weight is 290 g/mol. The van der Waals surface area contributed by atoms with E-state index in [1.807, 2.05) is 43.0 Å². The fourth-order valence-electron chi connectivity index (χ4n) is 2.36. The zero-order valence-electron chi connectivity index (χ0n) is 12.8. The summed E-state index contributed by atoms with van der Waals surface area (Å²) in [7, 11) is 1.64. The average Bonchev–Trinajstić information content (AvgIpc) is 3.00. The highest BCUT2D eigenvalue weighted by atomic mass is 16.6. The number of hydrogen-bond donors (Lipinski definition) is 0. The van der Waals surface area contributed by atoms with Gasteiger partial charge < -0.3 is 14.5 Å². The molecule has 1 aliphatic rings. The Balaban J connectivity index is 1.94. The third-order valence-electron chi connectivity index (χ3n) is 3.62. The Hall–Kier alpha value is -2.04. The Kier molecular flexibility index (Phi) is 5.20. The first-order valence-corrected chi connectivity index (χ1v) is 7.32. The first-order chi connectivity index (χ1) is 10.2. The van der Waals surface area contributed by atoms with Gasteiger partial charge in [-0.1, -0.05) is 12.1 Å². The molecule has 1 heterocycles. The number of oxime groups is 1. The highest BCUT2D eigenvalue weighted by molar-refractivity contribution is 6.01. The van der Waals surface area contributed by atoms with Gasteiger partial charge in [-0.15, -0.1) is 0 Å². The molecule has 0 spiro atoms. The van der Waals surface area contributed by atoms with Gasteiger partial charge in [0, 0.05) is 19.4 Å². The zero-order chi connectivity index (χ0) is 15.2. The van der Waals surface area contributed by atoms with Crippen LogP contribution in [0.4, 0.5) is 0 Å². The summed E-state index contributed by atoms with van der Waals surface area (Å²) in [5.74, 6) is 0.972. The number of carbonyl (C=O) groups excluding carboxylic acids is 1. The minimum Gasteiger partial charge on any atom is -0.497 e. The Bertz CT molecular complexity index is 511. The number of likely N-dealkylation sites (N-methyl/N-ethyl adjacent to an activating group) is 1. The number of rotatable bonds is 6. The fraction of sp³-hybridized carbons (Fsp3) is 0.500. The van der Waals surface area contributed by atoms with Crippen molar-refractivity contribution in [3.05, 3.63) is 29.8 Å². The second kappa shape index (κ2) is 7.11. The van der Waals surface area contributed by atoms with Crippen molar-refractivity contribution >= 4 is 11.6 Å². The molecule has 0 aliphatic carbocycles. The van der Waals surface area contributed by atoms with Crippen molar-refractivity contribution in [2.24, 2.45) is 5.16 Å². The Morgan fingerprint density at radius 3 is 2.67 bits per heavy atom. The molecule has 1 aromatic carbocycles. The molecule has 21 heavy (non-hydrogen) atoms. The quantitative estimate of drug-likeness (QED) is 0.808. The normalized spacial score (nSPS) is 17.1. The fourth-order valence-corrected chi connectivity index (χ4v) is 2.36. The van der Waals surface area contributed by atoms with Crippen molar-refractivity contribution in [2.75, 3.05) is 20.2 Å². The van der Waals surface area contributed by atoms with Gasteiger partial charge in [0.25, 0.3) is 0 Å². The maximum Gasteiger partial charge on any atom is 0.222 e. The lowest BCUT2D eigenvalue weighted by molar-refractivity contribution is -0.132. The van der Waals surface area contributed by atoms with Gasteiger partial charge in [0.15, 0.2) is 6.10 Å². The third-order valence-corrected chi connectivity index (χ3v) is 3.62. The van der Waals surface area contributed by atoms with E-state index in [1.165, 1.54) is 0 Å². The lowest BCUT2D eigenvalue weighted by Crippen LogP contribution is -2.37. The first kappa shape index (κ1) is 15.4. The lowest BCUT2D eigenvalue weighted by atomic mass is 10.0. The van der Waals surface area contributed by atoms with E-state index in [4.69, 9.17) is 9.57 Å². The molecule has 114 valence electrons. The van der Waals surface area contributed by atoms with Crippen LogP contribution in [-0.2, 0) is 9.63 Å². The molecule has 0 bridgehead atoms. The minimum absolute atomic E-state index is 0.0578. The number of hydrogen-bond acceptors (Lipinski definition) is 4. The number of amides is 1. The summed E-state index contributed by atoms with van der Waals surface area (Å²) in [6.45, 7) is 5.14. The molecule has 1 aromatic rings. The molecule has 1 amide bonds. The standard InChI is InChI=1S/C16H22N2O3/c1-4-16(19)18(5-2)11-14-10-15(17-21-14)12-6-8-13(20-3)9-7-12/h6-9,14H,4-5,10-11H2,1-3H3. The van der Waals surface area contributed by atoms with Gasteiger partial charge in [-0.2, -0.15) is 0 Å². The van der Waals surface area contributed by atoms with E-state index in [1.54, 1.807) is 7.11 Å². The summed E-state index contributed by atoms with van der Waals surface area (Å²) in [6, 6.07) is 7.75. The summed E-state index contributed by atoms with van der Waals surface area (Å²) in [5.41, 5.74) is 1.95. The number of carbonyl (C=O) groups is 1. The number of benzene rings is 1. The molecular weight excluding hydrogens is 268 g/mol. The summed E-state index contributed by atoms with van der Waals surface area (Å²) in [6.07, 6.45) is 1.18. The molecule has 1 unspecified atom stereocenters. The van der Waals surface area contributed by atoms with Crippen molar-refractivity contribution in [3.8, 4) is 5.75 Å². The highest BCUT2D eigenvalue weighted by Crippen LogP contribution is 2.20. The van der Waals surface area contributed by atoms with Crippen LogP contribution in [0.25, 0.3) is 0 Å². The van der Waals surface area contributed by atoms with E-state index in [0.29, 0.717) is 19.5 Å². The summed E-state index contributed by atoms with van der Waals surface area (Å²) < 4.78 is 5.14. The van der Waals surface area contributed by atoms with Crippen LogP contribution in [0.2, 0.25) is 0 Å². The maximum absolute atomic E-state index is 11.8. The number of ether oxygens (including phenoxy) is 1. The summed E-state index contributed by atoms with van der Waals surface area (Å²) in [4.78, 5) is 19.1. The lowest BCUT2D eigenvalue weighted by Gasteiger charge is -2.22. The Morgan fingerprint density at radius 2 is 2.10 bits per heavy atom. The molecule has 5 nitrogen and oxygen atoms in total. The second-order valence-corrected chi connectivity index (χ2v) is 4.98. The monoisotopic (exact) mass is 290 g/mol. The molecule has 5 heteroatoms. The first-order valence-electron chi connectivity index (χ1n) is 7.32. The van der Waals surface area contributed by atoms with Crippen molar-refractivity contribution < 1.29 is 14.4 Å². The van der Waals surface area contributed by atoms with Crippen molar-refractivity contribution in [2.45, 2.75) is 32.8 Å². The largest absolute Gasteiger partial charge is 0.497 e. The van der Waals surface area contributed by atoms with Crippen LogP contribution in [0.1, 0.15) is 32.3 Å². The van der Waals surface area contributed by atoms with E-state index in [-0.39, 0.29) is 12.0 Å². The molecule has 0 radical (unpaired) electrons. The maximum atomic E-state index is 11.8. The number of nitrogens with zero attached hydrogens (tertiary/aromatic N) is 2. The smallest absolute Gasteiger partial charge is 0.222 e. The molecule has 0 saturated heterocycles. The summed E-state index contributed by atoms with van der Waals surface area (Å²) >= 11 is 0. The molecule has 1 atom stereocenters. The Labute approximate surface area is 125 Å². The predicted octanol–water partition coefficient (Wildman–Crippen LogP) is 2.45. The molecule has 0 fully saturated rings. The van der Waals surface area contributed by atoms with Crippen LogP contribution in [-0.4, -0.2) is 42.8 Å². The predicted molar refractivity (Wildman–Crippen MR) is 81.6 cm³/mol. The summed E-state index contributed by atoms with van der Waals surface area (Å²) in [5, 5.41) is 4.15. The molecule has 0 aromatic heterocycles. The van der Waals surface area contributed by atoms with E-state index < -0.39 is 0 Å². The van der Waals surface area contributed by atoms with Crippen LogP contribution >= 0.6 is 0 Å². The van der Waals surface area contributed by atoms with E-state index >= 15 is 0 Å². The number of methoxy groups -OCH3 is 1. The van der Waals surface area contributed by atoms with E-state index in [0.717, 1.165) is 23.4 Å². The van der Waals surface area contributed by atoms with Gasteiger partial charge in [-0.05, 0) is 36.8 Å². The third kappa shape index (κ3) is 3.74.